The molecule has 1 aliphatic rings. The molecule has 1 aliphatic heterocycles. The minimum absolute atomic E-state index is 0.0405. The minimum Gasteiger partial charge on any atom is -0.348 e. The van der Waals surface area contributed by atoms with Crippen LogP contribution in [0.3, 0.4) is 0 Å². The van der Waals surface area contributed by atoms with Crippen molar-refractivity contribution >= 4 is 22.9 Å². The lowest BCUT2D eigenvalue weighted by Crippen LogP contribution is -2.33. The van der Waals surface area contributed by atoms with Crippen molar-refractivity contribution in [1.29, 1.82) is 0 Å². The maximum absolute atomic E-state index is 13.0. The number of benzene rings is 1. The van der Waals surface area contributed by atoms with Crippen molar-refractivity contribution in [2.45, 2.75) is 19.8 Å². The predicted molar refractivity (Wildman–Crippen MR) is 103 cm³/mol. The second-order valence-electron chi connectivity index (χ2n) is 7.06. The molecule has 0 saturated heterocycles. The highest BCUT2D eigenvalue weighted by molar-refractivity contribution is 5.97. The van der Waals surface area contributed by atoms with Crippen molar-refractivity contribution in [3.05, 3.63) is 51.2 Å². The summed E-state index contributed by atoms with van der Waals surface area (Å²) in [6.45, 7) is 2.92. The molecule has 1 aromatic carbocycles. The van der Waals surface area contributed by atoms with Gasteiger partial charge < -0.3 is 14.8 Å². The molecule has 8 nitrogen and oxygen atoms in total. The van der Waals surface area contributed by atoms with Crippen molar-refractivity contribution in [3.8, 4) is 0 Å². The molecule has 4 rings (SSSR count). The molecule has 0 spiro atoms. The number of hydrogen-bond donors (Lipinski definition) is 2. The monoisotopic (exact) mass is 366 g/mol. The Morgan fingerprint density at radius 2 is 1.93 bits per heavy atom. The van der Waals surface area contributed by atoms with Gasteiger partial charge >= 0.3 is 0 Å². The van der Waals surface area contributed by atoms with Crippen LogP contribution in [0.1, 0.15) is 27.4 Å². The van der Waals surface area contributed by atoms with Gasteiger partial charge in [-0.05, 0) is 31.5 Å². The number of anilines is 1. The predicted octanol–water partition coefficient (Wildman–Crippen LogP) is 1.26. The molecule has 3 heterocycles. The molecule has 0 fully saturated rings. The van der Waals surface area contributed by atoms with Gasteiger partial charge in [0.2, 0.25) is 5.95 Å². The summed E-state index contributed by atoms with van der Waals surface area (Å²) in [5.41, 5.74) is 3.65. The van der Waals surface area contributed by atoms with E-state index in [1.807, 2.05) is 33.2 Å². The fraction of sp³-hybridized carbons (Fsp3) is 0.368. The van der Waals surface area contributed by atoms with Crippen LogP contribution in [0.25, 0.3) is 11.0 Å². The molecule has 0 radical (unpaired) electrons. The Morgan fingerprint density at radius 3 is 2.70 bits per heavy atom. The summed E-state index contributed by atoms with van der Waals surface area (Å²) in [7, 11) is 3.68. The number of aryl methyl sites for hydroxylation is 1. The Hall–Kier alpha value is -3.16. The molecule has 0 bridgehead atoms. The van der Waals surface area contributed by atoms with Crippen LogP contribution < -0.4 is 10.5 Å². The number of rotatable bonds is 2. The zero-order chi connectivity index (χ0) is 19.1. The highest BCUT2D eigenvalue weighted by atomic mass is 16.2. The van der Waals surface area contributed by atoms with Crippen LogP contribution in [0.15, 0.2) is 23.0 Å². The van der Waals surface area contributed by atoms with Gasteiger partial charge in [0.05, 0.1) is 16.7 Å². The number of hydrogen-bond acceptors (Lipinski definition) is 5. The number of carbonyl (C=O) groups is 1. The summed E-state index contributed by atoms with van der Waals surface area (Å²) in [5.74, 6) is 1.32. The van der Waals surface area contributed by atoms with E-state index >= 15 is 0 Å². The topological polar surface area (TPSA) is 98.0 Å². The molecular formula is C19H22N6O2. The average Bonchev–Trinajstić information content (AvgIpc) is 2.86. The smallest absolute Gasteiger partial charge is 0.255 e. The number of H-pyrrole nitrogens is 2. The molecule has 3 aromatic rings. The van der Waals surface area contributed by atoms with E-state index in [1.54, 1.807) is 15.9 Å². The van der Waals surface area contributed by atoms with Gasteiger partial charge in [-0.3, -0.25) is 14.6 Å². The van der Waals surface area contributed by atoms with Crippen LogP contribution in [-0.2, 0) is 12.8 Å². The van der Waals surface area contributed by atoms with Crippen LogP contribution in [0.5, 0.6) is 0 Å². The van der Waals surface area contributed by atoms with Gasteiger partial charge in [-0.15, -0.1) is 0 Å². The molecule has 0 aliphatic carbocycles. The number of carbonyl (C=O) groups excluding carboxylic acids is 1. The first-order valence-corrected chi connectivity index (χ1v) is 8.97. The summed E-state index contributed by atoms with van der Waals surface area (Å²) in [6.07, 6.45) is 1.07. The van der Waals surface area contributed by atoms with E-state index in [9.17, 15) is 9.59 Å². The number of aromatic amines is 2. The lowest BCUT2D eigenvalue weighted by atomic mass is 10.1. The normalized spacial score (nSPS) is 14.1. The van der Waals surface area contributed by atoms with Gasteiger partial charge in [-0.2, -0.15) is 0 Å². The van der Waals surface area contributed by atoms with Crippen molar-refractivity contribution < 1.29 is 4.79 Å². The maximum Gasteiger partial charge on any atom is 0.255 e. The van der Waals surface area contributed by atoms with Crippen molar-refractivity contribution in [2.24, 2.45) is 0 Å². The molecular weight excluding hydrogens is 344 g/mol. The van der Waals surface area contributed by atoms with Gasteiger partial charge in [0.25, 0.3) is 11.5 Å². The van der Waals surface area contributed by atoms with Crippen LogP contribution in [-0.4, -0.2) is 57.9 Å². The highest BCUT2D eigenvalue weighted by Gasteiger charge is 2.23. The van der Waals surface area contributed by atoms with E-state index in [0.29, 0.717) is 43.0 Å². The molecule has 27 heavy (non-hydrogen) atoms. The second kappa shape index (κ2) is 6.53. The number of nitrogens with zero attached hydrogens (tertiary/aromatic N) is 4. The average molecular weight is 366 g/mol. The van der Waals surface area contributed by atoms with E-state index in [-0.39, 0.29) is 11.5 Å². The minimum atomic E-state index is -0.118. The van der Waals surface area contributed by atoms with Crippen molar-refractivity contribution in [3.63, 3.8) is 0 Å². The first-order valence-electron chi connectivity index (χ1n) is 8.97. The third-order valence-corrected chi connectivity index (χ3v) is 4.90. The van der Waals surface area contributed by atoms with E-state index in [2.05, 4.69) is 19.9 Å². The zero-order valence-corrected chi connectivity index (χ0v) is 15.7. The first kappa shape index (κ1) is 17.3. The second-order valence-corrected chi connectivity index (χ2v) is 7.06. The standard InChI is InChI=1S/C19H22N6O2/c1-11-20-15-5-4-12(10-16(15)21-11)18(27)25-8-6-13-14(7-9-25)22-19(24(2)3)23-17(13)26/h4-5,10H,6-9H2,1-3H3,(H,20,21)(H,22,23,26). The van der Waals surface area contributed by atoms with Crippen LogP contribution in [0.2, 0.25) is 0 Å². The van der Waals surface area contributed by atoms with Crippen LogP contribution in [0.4, 0.5) is 5.95 Å². The SMILES string of the molecule is Cc1nc2ccc(C(=O)N3CCc4nc(N(C)C)[nH]c(=O)c4CC3)cc2[nH]1. The Morgan fingerprint density at radius 1 is 1.15 bits per heavy atom. The molecule has 1 amide bonds. The Balaban J connectivity index is 1.59. The summed E-state index contributed by atoms with van der Waals surface area (Å²) >= 11 is 0. The van der Waals surface area contributed by atoms with Crippen molar-refractivity contribution in [2.75, 3.05) is 32.1 Å². The quantitative estimate of drug-likeness (QED) is 0.712. The van der Waals surface area contributed by atoms with Gasteiger partial charge in [0.1, 0.15) is 5.82 Å². The first-order chi connectivity index (χ1) is 12.9. The van der Waals surface area contributed by atoms with Gasteiger partial charge in [0, 0.05) is 44.7 Å². The van der Waals surface area contributed by atoms with E-state index in [4.69, 9.17) is 0 Å². The number of fused-ring (bicyclic) bond motifs is 2. The van der Waals surface area contributed by atoms with Gasteiger partial charge in [-0.1, -0.05) is 0 Å². The highest BCUT2D eigenvalue weighted by Crippen LogP contribution is 2.18. The summed E-state index contributed by atoms with van der Waals surface area (Å²) < 4.78 is 0. The number of amides is 1. The summed E-state index contributed by atoms with van der Waals surface area (Å²) in [6, 6.07) is 5.50. The number of aromatic nitrogens is 4. The van der Waals surface area contributed by atoms with Crippen LogP contribution >= 0.6 is 0 Å². The lowest BCUT2D eigenvalue weighted by molar-refractivity contribution is 0.0763. The van der Waals surface area contributed by atoms with Crippen LogP contribution in [0, 0.1) is 6.92 Å². The summed E-state index contributed by atoms with van der Waals surface area (Å²) in [4.78, 5) is 43.9. The van der Waals surface area contributed by atoms with E-state index in [1.165, 1.54) is 0 Å². The Kier molecular flexibility index (Phi) is 4.18. The molecule has 0 saturated carbocycles. The molecule has 0 atom stereocenters. The maximum atomic E-state index is 13.0. The zero-order valence-electron chi connectivity index (χ0n) is 15.7. The molecule has 2 N–H and O–H groups in total. The largest absolute Gasteiger partial charge is 0.348 e. The Labute approximate surface area is 156 Å². The van der Waals surface area contributed by atoms with E-state index in [0.717, 1.165) is 22.6 Å². The number of imidazole rings is 1. The fourth-order valence-electron chi connectivity index (χ4n) is 3.46. The third-order valence-electron chi connectivity index (χ3n) is 4.90. The molecule has 8 heteroatoms. The van der Waals surface area contributed by atoms with Crippen molar-refractivity contribution in [1.82, 2.24) is 24.8 Å². The van der Waals surface area contributed by atoms with Gasteiger partial charge in [-0.25, -0.2) is 9.97 Å². The number of nitrogens with one attached hydrogen (secondary N) is 2. The molecule has 140 valence electrons. The molecule has 0 unspecified atom stereocenters. The van der Waals surface area contributed by atoms with E-state index < -0.39 is 0 Å². The molecule has 2 aromatic heterocycles. The van der Waals surface area contributed by atoms with Gasteiger partial charge in [0.15, 0.2) is 0 Å². The Bertz CT molecular complexity index is 1080. The lowest BCUT2D eigenvalue weighted by Gasteiger charge is -2.20. The third kappa shape index (κ3) is 3.18. The fourth-order valence-corrected chi connectivity index (χ4v) is 3.46. The summed E-state index contributed by atoms with van der Waals surface area (Å²) in [5, 5.41) is 0.